The van der Waals surface area contributed by atoms with Crippen molar-refractivity contribution in [1.82, 2.24) is 15.5 Å². The highest BCUT2D eigenvalue weighted by molar-refractivity contribution is 5.94. The minimum atomic E-state index is -1.12. The van der Waals surface area contributed by atoms with E-state index in [1.54, 1.807) is 6.92 Å². The number of likely N-dealkylation sites (tertiary alicyclic amines) is 1. The normalized spacial score (nSPS) is 20.2. The molecular formula is C20H37N5O5. The van der Waals surface area contributed by atoms with Crippen LogP contribution < -0.4 is 22.1 Å². The number of nitrogens with one attached hydrogen (secondary N) is 2. The lowest BCUT2D eigenvalue weighted by molar-refractivity contribution is -0.144. The average Bonchev–Trinajstić information content (AvgIpc) is 3.20. The number of rotatable bonds is 12. The lowest BCUT2D eigenvalue weighted by atomic mass is 9.99. The van der Waals surface area contributed by atoms with Gasteiger partial charge in [0.1, 0.15) is 18.1 Å². The fourth-order valence-corrected chi connectivity index (χ4v) is 3.48. The Hall–Kier alpha value is -2.20. The zero-order valence-corrected chi connectivity index (χ0v) is 18.2. The molecule has 7 N–H and O–H groups in total. The van der Waals surface area contributed by atoms with E-state index in [2.05, 4.69) is 10.6 Å². The van der Waals surface area contributed by atoms with Gasteiger partial charge in [0.25, 0.3) is 0 Å². The Bertz CT molecular complexity index is 614. The first-order valence-corrected chi connectivity index (χ1v) is 10.7. The summed E-state index contributed by atoms with van der Waals surface area (Å²) in [6.45, 7) is 6.04. The fourth-order valence-electron chi connectivity index (χ4n) is 3.48. The number of nitrogens with two attached hydrogens (primary N) is 2. The predicted molar refractivity (Wildman–Crippen MR) is 112 cm³/mol. The van der Waals surface area contributed by atoms with E-state index in [0.29, 0.717) is 38.8 Å². The molecule has 0 aliphatic carbocycles. The van der Waals surface area contributed by atoms with Crippen LogP contribution in [-0.2, 0) is 19.2 Å². The van der Waals surface area contributed by atoms with E-state index in [4.69, 9.17) is 11.5 Å². The van der Waals surface area contributed by atoms with Crippen LogP contribution in [0.2, 0.25) is 0 Å². The molecule has 0 bridgehead atoms. The van der Waals surface area contributed by atoms with Crippen LogP contribution in [0.1, 0.15) is 59.3 Å². The zero-order chi connectivity index (χ0) is 22.8. The molecule has 1 saturated heterocycles. The van der Waals surface area contributed by atoms with Crippen molar-refractivity contribution in [2.45, 2.75) is 83.5 Å². The van der Waals surface area contributed by atoms with Crippen molar-refractivity contribution in [3.63, 3.8) is 0 Å². The van der Waals surface area contributed by atoms with Gasteiger partial charge in [-0.05, 0) is 45.1 Å². The van der Waals surface area contributed by atoms with Gasteiger partial charge in [-0.2, -0.15) is 0 Å². The molecule has 0 radical (unpaired) electrons. The Labute approximate surface area is 178 Å². The topological polar surface area (TPSA) is 168 Å². The molecular weight excluding hydrogens is 390 g/mol. The van der Waals surface area contributed by atoms with Gasteiger partial charge in [-0.25, -0.2) is 4.79 Å². The molecule has 5 unspecified atom stereocenters. The molecule has 0 aromatic heterocycles. The number of hydrogen-bond donors (Lipinski definition) is 5. The molecule has 172 valence electrons. The molecule has 1 aliphatic rings. The summed E-state index contributed by atoms with van der Waals surface area (Å²) in [6, 6.07) is -3.33. The monoisotopic (exact) mass is 427 g/mol. The second kappa shape index (κ2) is 12.5. The van der Waals surface area contributed by atoms with Crippen LogP contribution in [0.3, 0.4) is 0 Å². The van der Waals surface area contributed by atoms with Crippen LogP contribution in [0.4, 0.5) is 0 Å². The predicted octanol–water partition coefficient (Wildman–Crippen LogP) is -0.446. The van der Waals surface area contributed by atoms with Crippen molar-refractivity contribution < 1.29 is 24.3 Å². The number of carboxylic acids is 1. The molecule has 1 aliphatic heterocycles. The third-order valence-electron chi connectivity index (χ3n) is 5.65. The molecule has 0 spiro atoms. The SMILES string of the molecule is CCC(C)C(NC(=O)C(C)NC(=O)C1CCCN1C(=O)C(N)CCCCN)C(=O)O. The van der Waals surface area contributed by atoms with Gasteiger partial charge in [0.15, 0.2) is 0 Å². The summed E-state index contributed by atoms with van der Waals surface area (Å²) >= 11 is 0. The van der Waals surface area contributed by atoms with Gasteiger partial charge >= 0.3 is 5.97 Å². The number of aliphatic carboxylic acids is 1. The van der Waals surface area contributed by atoms with Gasteiger partial charge < -0.3 is 32.1 Å². The van der Waals surface area contributed by atoms with E-state index in [1.165, 1.54) is 11.8 Å². The maximum absolute atomic E-state index is 12.7. The fraction of sp³-hybridized carbons (Fsp3) is 0.800. The molecule has 10 heteroatoms. The first kappa shape index (κ1) is 25.8. The van der Waals surface area contributed by atoms with E-state index in [-0.39, 0.29) is 11.8 Å². The molecule has 0 aromatic rings. The Balaban J connectivity index is 2.67. The molecule has 1 heterocycles. The van der Waals surface area contributed by atoms with Gasteiger partial charge in [-0.1, -0.05) is 26.7 Å². The van der Waals surface area contributed by atoms with Crippen LogP contribution in [0.15, 0.2) is 0 Å². The van der Waals surface area contributed by atoms with Gasteiger partial charge in [0.05, 0.1) is 6.04 Å². The number of carbonyl (C=O) groups is 4. The number of nitrogens with zero attached hydrogens (tertiary/aromatic N) is 1. The van der Waals surface area contributed by atoms with Gasteiger partial charge in [-0.15, -0.1) is 0 Å². The van der Waals surface area contributed by atoms with Crippen LogP contribution in [-0.4, -0.2) is 71.0 Å². The maximum Gasteiger partial charge on any atom is 0.326 e. The van der Waals surface area contributed by atoms with Crippen LogP contribution in [0.25, 0.3) is 0 Å². The summed E-state index contributed by atoms with van der Waals surface area (Å²) in [6.07, 6.45) is 3.79. The summed E-state index contributed by atoms with van der Waals surface area (Å²) in [5.41, 5.74) is 11.5. The van der Waals surface area contributed by atoms with Crippen molar-refractivity contribution >= 4 is 23.7 Å². The molecule has 10 nitrogen and oxygen atoms in total. The minimum absolute atomic E-state index is 0.252. The Morgan fingerprint density at radius 2 is 1.83 bits per heavy atom. The van der Waals surface area contributed by atoms with E-state index in [1.807, 2.05) is 6.92 Å². The Morgan fingerprint density at radius 1 is 1.17 bits per heavy atom. The number of unbranched alkanes of at least 4 members (excludes halogenated alkanes) is 1. The summed E-state index contributed by atoms with van der Waals surface area (Å²) < 4.78 is 0. The second-order valence-corrected chi connectivity index (χ2v) is 8.02. The molecule has 1 rings (SSSR count). The summed E-state index contributed by atoms with van der Waals surface area (Å²) in [5, 5.41) is 14.4. The van der Waals surface area contributed by atoms with Crippen molar-refractivity contribution in [2.24, 2.45) is 17.4 Å². The first-order chi connectivity index (χ1) is 14.1. The van der Waals surface area contributed by atoms with E-state index in [9.17, 15) is 24.3 Å². The van der Waals surface area contributed by atoms with Crippen molar-refractivity contribution in [3.8, 4) is 0 Å². The third-order valence-corrected chi connectivity index (χ3v) is 5.65. The highest BCUT2D eigenvalue weighted by atomic mass is 16.4. The van der Waals surface area contributed by atoms with E-state index >= 15 is 0 Å². The lowest BCUT2D eigenvalue weighted by Crippen LogP contribution is -2.56. The standard InChI is InChI=1S/C20H37N5O5/c1-4-12(2)16(20(29)30)24-17(26)13(3)23-18(27)15-9-7-11-25(15)19(28)14(22)8-5-6-10-21/h12-16H,4-11,21-22H2,1-3H3,(H,23,27)(H,24,26)(H,29,30). The van der Waals surface area contributed by atoms with Crippen LogP contribution in [0.5, 0.6) is 0 Å². The lowest BCUT2D eigenvalue weighted by Gasteiger charge is -2.28. The second-order valence-electron chi connectivity index (χ2n) is 8.02. The molecule has 1 fully saturated rings. The zero-order valence-electron chi connectivity index (χ0n) is 18.2. The maximum atomic E-state index is 12.7. The Kier molecular flexibility index (Phi) is 10.8. The van der Waals surface area contributed by atoms with Gasteiger partial charge in [0, 0.05) is 6.54 Å². The quantitative estimate of drug-likeness (QED) is 0.263. The van der Waals surface area contributed by atoms with Crippen molar-refractivity contribution in [1.29, 1.82) is 0 Å². The number of hydrogen-bond acceptors (Lipinski definition) is 6. The molecule has 3 amide bonds. The van der Waals surface area contributed by atoms with Crippen LogP contribution in [0, 0.1) is 5.92 Å². The van der Waals surface area contributed by atoms with E-state index < -0.39 is 42.0 Å². The minimum Gasteiger partial charge on any atom is -0.480 e. The Morgan fingerprint density at radius 3 is 2.40 bits per heavy atom. The van der Waals surface area contributed by atoms with E-state index in [0.717, 1.165) is 12.8 Å². The first-order valence-electron chi connectivity index (χ1n) is 10.7. The summed E-state index contributed by atoms with van der Waals surface area (Å²) in [4.78, 5) is 50.6. The molecule has 0 aromatic carbocycles. The van der Waals surface area contributed by atoms with Crippen molar-refractivity contribution in [3.05, 3.63) is 0 Å². The summed E-state index contributed by atoms with van der Waals surface area (Å²) in [7, 11) is 0. The average molecular weight is 428 g/mol. The number of amides is 3. The third kappa shape index (κ3) is 7.24. The number of carboxylic acid groups (broad SMARTS) is 1. The highest BCUT2D eigenvalue weighted by Crippen LogP contribution is 2.19. The molecule has 5 atom stereocenters. The van der Waals surface area contributed by atoms with Gasteiger partial charge in [0.2, 0.25) is 17.7 Å². The number of carbonyl (C=O) groups excluding carboxylic acids is 3. The highest BCUT2D eigenvalue weighted by Gasteiger charge is 2.37. The van der Waals surface area contributed by atoms with Gasteiger partial charge in [-0.3, -0.25) is 14.4 Å². The molecule has 0 saturated carbocycles. The smallest absolute Gasteiger partial charge is 0.326 e. The largest absolute Gasteiger partial charge is 0.480 e. The van der Waals surface area contributed by atoms with Crippen molar-refractivity contribution in [2.75, 3.05) is 13.1 Å². The van der Waals surface area contributed by atoms with Crippen LogP contribution >= 0.6 is 0 Å². The summed E-state index contributed by atoms with van der Waals surface area (Å²) in [5.74, 6) is -2.66. The molecule has 30 heavy (non-hydrogen) atoms.